The highest BCUT2D eigenvalue weighted by molar-refractivity contribution is 5.94. The zero-order chi connectivity index (χ0) is 15.4. The maximum atomic E-state index is 11.8. The van der Waals surface area contributed by atoms with Gasteiger partial charge >= 0.3 is 0 Å². The zero-order valence-corrected chi connectivity index (χ0v) is 11.8. The summed E-state index contributed by atoms with van der Waals surface area (Å²) in [7, 11) is 0. The minimum Gasteiger partial charge on any atom is -0.382 e. The molecule has 0 saturated carbocycles. The van der Waals surface area contributed by atoms with Gasteiger partial charge in [0.05, 0.1) is 5.52 Å². The van der Waals surface area contributed by atoms with Crippen molar-refractivity contribution in [3.63, 3.8) is 0 Å². The summed E-state index contributed by atoms with van der Waals surface area (Å²) in [6.45, 7) is 0.449. The van der Waals surface area contributed by atoms with E-state index in [1.807, 2.05) is 30.3 Å². The Morgan fingerprint density at radius 3 is 3.09 bits per heavy atom. The van der Waals surface area contributed by atoms with Crippen LogP contribution in [0.25, 0.3) is 17.0 Å². The van der Waals surface area contributed by atoms with Gasteiger partial charge in [-0.2, -0.15) is 5.10 Å². The molecule has 22 heavy (non-hydrogen) atoms. The molecule has 6 heteroatoms. The molecule has 0 atom stereocenters. The van der Waals surface area contributed by atoms with Crippen LogP contribution in [-0.4, -0.2) is 21.1 Å². The quantitative estimate of drug-likeness (QED) is 0.640. The van der Waals surface area contributed by atoms with E-state index in [0.29, 0.717) is 12.4 Å². The first-order chi connectivity index (χ1) is 10.7. The number of aromatic nitrogens is 3. The van der Waals surface area contributed by atoms with E-state index >= 15 is 0 Å². The van der Waals surface area contributed by atoms with E-state index in [4.69, 9.17) is 5.73 Å². The van der Waals surface area contributed by atoms with Crippen molar-refractivity contribution in [2.45, 2.75) is 6.54 Å². The predicted molar refractivity (Wildman–Crippen MR) is 85.6 cm³/mol. The lowest BCUT2D eigenvalue weighted by Gasteiger charge is -2.01. The number of amides is 1. The third-order valence-corrected chi connectivity index (χ3v) is 3.23. The van der Waals surface area contributed by atoms with Crippen molar-refractivity contribution in [1.29, 1.82) is 0 Å². The molecule has 0 bridgehead atoms. The Kier molecular flexibility index (Phi) is 3.82. The highest BCUT2D eigenvalue weighted by Gasteiger charge is 2.02. The fourth-order valence-electron chi connectivity index (χ4n) is 2.08. The number of aromatic amines is 1. The van der Waals surface area contributed by atoms with Crippen molar-refractivity contribution in [2.75, 3.05) is 5.73 Å². The van der Waals surface area contributed by atoms with Gasteiger partial charge in [-0.1, -0.05) is 12.1 Å². The summed E-state index contributed by atoms with van der Waals surface area (Å²) in [6.07, 6.45) is 6.65. The van der Waals surface area contributed by atoms with Crippen molar-refractivity contribution in [2.24, 2.45) is 0 Å². The molecular weight excluding hydrogens is 278 g/mol. The van der Waals surface area contributed by atoms with Crippen LogP contribution in [0.1, 0.15) is 11.1 Å². The number of rotatable bonds is 4. The lowest BCUT2D eigenvalue weighted by atomic mass is 10.1. The van der Waals surface area contributed by atoms with Crippen LogP contribution < -0.4 is 11.1 Å². The molecule has 110 valence electrons. The Morgan fingerprint density at radius 2 is 2.27 bits per heavy atom. The number of carbonyl (C=O) groups is 1. The fourth-order valence-corrected chi connectivity index (χ4v) is 2.08. The Hall–Kier alpha value is -3.15. The van der Waals surface area contributed by atoms with E-state index in [2.05, 4.69) is 20.5 Å². The van der Waals surface area contributed by atoms with Crippen LogP contribution in [0, 0.1) is 0 Å². The first-order valence-electron chi connectivity index (χ1n) is 6.81. The maximum Gasteiger partial charge on any atom is 0.244 e. The molecule has 1 amide bonds. The third-order valence-electron chi connectivity index (χ3n) is 3.23. The molecule has 0 spiro atoms. The molecule has 0 aliphatic heterocycles. The van der Waals surface area contributed by atoms with Gasteiger partial charge in [-0.3, -0.25) is 14.9 Å². The summed E-state index contributed by atoms with van der Waals surface area (Å²) in [4.78, 5) is 15.8. The van der Waals surface area contributed by atoms with Crippen molar-refractivity contribution in [3.8, 4) is 0 Å². The number of carbonyl (C=O) groups excluding carboxylic acids is 1. The number of fused-ring (bicyclic) bond motifs is 1. The Morgan fingerprint density at radius 1 is 1.36 bits per heavy atom. The maximum absolute atomic E-state index is 11.8. The lowest BCUT2D eigenvalue weighted by Crippen LogP contribution is -2.20. The van der Waals surface area contributed by atoms with Crippen LogP contribution in [-0.2, 0) is 11.3 Å². The second-order valence-electron chi connectivity index (χ2n) is 4.83. The highest BCUT2D eigenvalue weighted by Crippen LogP contribution is 2.19. The molecule has 3 aromatic rings. The molecule has 2 aromatic heterocycles. The van der Waals surface area contributed by atoms with Gasteiger partial charge in [-0.05, 0) is 35.4 Å². The molecule has 4 N–H and O–H groups in total. The Balaban J connectivity index is 1.64. The number of pyridine rings is 1. The van der Waals surface area contributed by atoms with Gasteiger partial charge in [-0.25, -0.2) is 0 Å². The summed E-state index contributed by atoms with van der Waals surface area (Å²) >= 11 is 0. The van der Waals surface area contributed by atoms with Gasteiger partial charge in [0.2, 0.25) is 5.91 Å². The van der Waals surface area contributed by atoms with Crippen molar-refractivity contribution in [3.05, 3.63) is 59.9 Å². The number of hydrogen-bond donors (Lipinski definition) is 3. The summed E-state index contributed by atoms with van der Waals surface area (Å²) < 4.78 is 0. The number of hydrogen-bond acceptors (Lipinski definition) is 4. The topological polar surface area (TPSA) is 96.7 Å². The second-order valence-corrected chi connectivity index (χ2v) is 4.83. The van der Waals surface area contributed by atoms with E-state index in [1.165, 1.54) is 6.08 Å². The molecule has 2 heterocycles. The van der Waals surface area contributed by atoms with E-state index < -0.39 is 0 Å². The van der Waals surface area contributed by atoms with E-state index in [-0.39, 0.29) is 5.91 Å². The molecule has 0 unspecified atom stereocenters. The Bertz CT molecular complexity index is 823. The summed E-state index contributed by atoms with van der Waals surface area (Å²) in [6, 6.07) is 9.41. The van der Waals surface area contributed by atoms with Crippen molar-refractivity contribution >= 4 is 28.7 Å². The third kappa shape index (κ3) is 3.12. The van der Waals surface area contributed by atoms with Gasteiger partial charge in [0, 0.05) is 30.4 Å². The SMILES string of the molecule is Nc1n[nH]c2ccc(/C=C/C(=O)NCc3cccnc3)cc12. The monoisotopic (exact) mass is 293 g/mol. The molecule has 0 radical (unpaired) electrons. The number of nitrogen functional groups attached to an aromatic ring is 1. The Labute approximate surface area is 127 Å². The number of nitrogens with one attached hydrogen (secondary N) is 2. The molecule has 0 aliphatic rings. The van der Waals surface area contributed by atoms with Gasteiger partial charge in [-0.15, -0.1) is 0 Å². The molecule has 0 saturated heterocycles. The predicted octanol–water partition coefficient (Wildman–Crippen LogP) is 1.87. The summed E-state index contributed by atoms with van der Waals surface area (Å²) in [5.74, 6) is 0.287. The largest absolute Gasteiger partial charge is 0.382 e. The average molecular weight is 293 g/mol. The number of nitrogens with zero attached hydrogens (tertiary/aromatic N) is 2. The first-order valence-corrected chi connectivity index (χ1v) is 6.81. The van der Waals surface area contributed by atoms with Gasteiger partial charge in [0.15, 0.2) is 5.82 Å². The normalized spacial score (nSPS) is 11.1. The molecular formula is C16H15N5O. The van der Waals surface area contributed by atoms with Crippen LogP contribution in [0.15, 0.2) is 48.8 Å². The van der Waals surface area contributed by atoms with Gasteiger partial charge in [0.1, 0.15) is 0 Å². The van der Waals surface area contributed by atoms with Crippen LogP contribution >= 0.6 is 0 Å². The molecule has 0 aliphatic carbocycles. The van der Waals surface area contributed by atoms with Crippen molar-refractivity contribution in [1.82, 2.24) is 20.5 Å². The standard InChI is InChI=1S/C16H15N5O/c17-16-13-8-11(3-5-14(13)20-21-16)4-6-15(22)19-10-12-2-1-7-18-9-12/h1-9H,10H2,(H,19,22)(H3,17,20,21)/b6-4+. The van der Waals surface area contributed by atoms with E-state index in [9.17, 15) is 4.79 Å². The molecule has 6 nitrogen and oxygen atoms in total. The molecule has 3 rings (SSSR count). The van der Waals surface area contributed by atoms with Crippen LogP contribution in [0.2, 0.25) is 0 Å². The molecule has 1 aromatic carbocycles. The van der Waals surface area contributed by atoms with Crippen LogP contribution in [0.3, 0.4) is 0 Å². The summed E-state index contributed by atoms with van der Waals surface area (Å²) in [5, 5.41) is 10.4. The smallest absolute Gasteiger partial charge is 0.244 e. The van der Waals surface area contributed by atoms with E-state index in [0.717, 1.165) is 22.0 Å². The fraction of sp³-hybridized carbons (Fsp3) is 0.0625. The van der Waals surface area contributed by atoms with E-state index in [1.54, 1.807) is 18.5 Å². The van der Waals surface area contributed by atoms with Gasteiger partial charge < -0.3 is 11.1 Å². The lowest BCUT2D eigenvalue weighted by molar-refractivity contribution is -0.116. The van der Waals surface area contributed by atoms with Crippen molar-refractivity contribution < 1.29 is 4.79 Å². The number of anilines is 1. The van der Waals surface area contributed by atoms with Crippen LogP contribution in [0.5, 0.6) is 0 Å². The highest BCUT2D eigenvalue weighted by atomic mass is 16.1. The molecule has 0 fully saturated rings. The second kappa shape index (κ2) is 6.09. The average Bonchev–Trinajstić information content (AvgIpc) is 2.93. The van der Waals surface area contributed by atoms with Crippen LogP contribution in [0.4, 0.5) is 5.82 Å². The summed E-state index contributed by atoms with van der Waals surface area (Å²) in [5.41, 5.74) is 8.47. The first kappa shape index (κ1) is 13.8. The minimum absolute atomic E-state index is 0.163. The number of benzene rings is 1. The zero-order valence-electron chi connectivity index (χ0n) is 11.8. The minimum atomic E-state index is -0.163. The number of nitrogens with two attached hydrogens (primary N) is 1. The van der Waals surface area contributed by atoms with Gasteiger partial charge in [0.25, 0.3) is 0 Å². The number of H-pyrrole nitrogens is 1.